The second kappa shape index (κ2) is 5.60. The molecule has 110 valence electrons. The Hall–Kier alpha value is -2.30. The van der Waals surface area contributed by atoms with Crippen molar-refractivity contribution in [3.8, 4) is 0 Å². The fraction of sp³-hybridized carbons (Fsp3) is 0.375. The molecule has 1 aliphatic rings. The highest BCUT2D eigenvalue weighted by atomic mass is 16.1. The molecule has 1 aromatic carbocycles. The molecule has 2 heterocycles. The molecular weight excluding hydrogens is 264 g/mol. The number of amides is 1. The van der Waals surface area contributed by atoms with Gasteiger partial charge < -0.3 is 10.2 Å². The van der Waals surface area contributed by atoms with Gasteiger partial charge in [0.05, 0.1) is 0 Å². The second-order valence-electron chi connectivity index (χ2n) is 5.65. The highest BCUT2D eigenvalue weighted by Crippen LogP contribution is 2.16. The number of hydrogen-bond acceptors (Lipinski definition) is 3. The lowest BCUT2D eigenvalue weighted by Crippen LogP contribution is -2.40. The first-order valence-electron chi connectivity index (χ1n) is 7.22. The smallest absolute Gasteiger partial charge is 0.251 e. The number of carbonyl (C=O) groups excluding carboxylic acids is 1. The van der Waals surface area contributed by atoms with E-state index in [0.717, 1.165) is 25.1 Å². The average molecular weight is 284 g/mol. The molecule has 1 unspecified atom stereocenters. The van der Waals surface area contributed by atoms with Crippen molar-refractivity contribution >= 4 is 11.6 Å². The maximum absolute atomic E-state index is 12.4. The quantitative estimate of drug-likeness (QED) is 0.933. The number of nitrogens with zero attached hydrogens (tertiary/aromatic N) is 3. The standard InChI is InChI=1S/C16H20N4O/c1-19(2)14-5-3-4-12(10-14)16(21)18-13-7-9-20-15(11-13)6-8-17-20/h3-6,8,10,13H,7,9,11H2,1-2H3,(H,18,21). The lowest BCUT2D eigenvalue weighted by molar-refractivity contribution is 0.0930. The molecule has 0 saturated carbocycles. The van der Waals surface area contributed by atoms with Crippen molar-refractivity contribution in [3.05, 3.63) is 47.8 Å². The molecule has 21 heavy (non-hydrogen) atoms. The van der Waals surface area contributed by atoms with Gasteiger partial charge in [-0.1, -0.05) is 6.07 Å². The van der Waals surface area contributed by atoms with E-state index in [1.54, 1.807) is 0 Å². The maximum Gasteiger partial charge on any atom is 0.251 e. The van der Waals surface area contributed by atoms with E-state index in [1.165, 1.54) is 5.69 Å². The predicted molar refractivity (Wildman–Crippen MR) is 82.6 cm³/mol. The van der Waals surface area contributed by atoms with Crippen LogP contribution in [0.4, 0.5) is 5.69 Å². The van der Waals surface area contributed by atoms with Gasteiger partial charge >= 0.3 is 0 Å². The topological polar surface area (TPSA) is 50.2 Å². The molecule has 0 bridgehead atoms. The summed E-state index contributed by atoms with van der Waals surface area (Å²) in [5, 5.41) is 7.39. The molecule has 0 saturated heterocycles. The number of nitrogens with one attached hydrogen (secondary N) is 1. The molecule has 1 aromatic heterocycles. The molecule has 0 spiro atoms. The second-order valence-corrected chi connectivity index (χ2v) is 5.65. The zero-order chi connectivity index (χ0) is 14.8. The van der Waals surface area contributed by atoms with Crippen molar-refractivity contribution in [2.45, 2.75) is 25.4 Å². The molecule has 1 aliphatic heterocycles. The number of aromatic nitrogens is 2. The van der Waals surface area contributed by atoms with Gasteiger partial charge in [0.15, 0.2) is 0 Å². The predicted octanol–water partition coefficient (Wildman–Crippen LogP) is 1.69. The molecule has 1 atom stereocenters. The number of aryl methyl sites for hydroxylation is 1. The molecule has 3 rings (SSSR count). The lowest BCUT2D eigenvalue weighted by atomic mass is 10.0. The zero-order valence-electron chi connectivity index (χ0n) is 12.4. The van der Waals surface area contributed by atoms with E-state index in [-0.39, 0.29) is 11.9 Å². The minimum Gasteiger partial charge on any atom is -0.378 e. The Kier molecular flexibility index (Phi) is 3.64. The van der Waals surface area contributed by atoms with Crippen molar-refractivity contribution in [3.63, 3.8) is 0 Å². The van der Waals surface area contributed by atoms with Crippen LogP contribution in [0.3, 0.4) is 0 Å². The molecule has 5 heteroatoms. The summed E-state index contributed by atoms with van der Waals surface area (Å²) < 4.78 is 2.01. The van der Waals surface area contributed by atoms with Crippen LogP contribution in [0.25, 0.3) is 0 Å². The van der Waals surface area contributed by atoms with E-state index < -0.39 is 0 Å². The van der Waals surface area contributed by atoms with E-state index >= 15 is 0 Å². The molecule has 0 aliphatic carbocycles. The summed E-state index contributed by atoms with van der Waals surface area (Å²) in [6.45, 7) is 0.866. The lowest BCUT2D eigenvalue weighted by Gasteiger charge is -2.24. The van der Waals surface area contributed by atoms with Gasteiger partial charge in [0, 0.05) is 56.2 Å². The first-order chi connectivity index (χ1) is 10.1. The van der Waals surface area contributed by atoms with Crippen LogP contribution in [0.15, 0.2) is 36.5 Å². The van der Waals surface area contributed by atoms with Crippen molar-refractivity contribution in [1.29, 1.82) is 0 Å². The summed E-state index contributed by atoms with van der Waals surface area (Å²) in [5.74, 6) is -0.00309. The van der Waals surface area contributed by atoms with Gasteiger partial charge in [0.2, 0.25) is 0 Å². The molecule has 0 fully saturated rings. The van der Waals surface area contributed by atoms with Crippen molar-refractivity contribution in [2.24, 2.45) is 0 Å². The Labute approximate surface area is 124 Å². The fourth-order valence-corrected chi connectivity index (χ4v) is 2.68. The van der Waals surface area contributed by atoms with Gasteiger partial charge in [0.1, 0.15) is 0 Å². The van der Waals surface area contributed by atoms with Crippen LogP contribution >= 0.6 is 0 Å². The molecular formula is C16H20N4O. The number of carbonyl (C=O) groups is 1. The Morgan fingerprint density at radius 3 is 3.05 bits per heavy atom. The van der Waals surface area contributed by atoms with Crippen LogP contribution in [0, 0.1) is 0 Å². The van der Waals surface area contributed by atoms with E-state index in [2.05, 4.69) is 10.4 Å². The highest BCUT2D eigenvalue weighted by Gasteiger charge is 2.21. The van der Waals surface area contributed by atoms with Crippen LogP contribution in [-0.4, -0.2) is 35.8 Å². The van der Waals surface area contributed by atoms with Crippen LogP contribution in [0.1, 0.15) is 22.5 Å². The van der Waals surface area contributed by atoms with Gasteiger partial charge in [-0.05, 0) is 30.7 Å². The van der Waals surface area contributed by atoms with Crippen LogP contribution in [0.5, 0.6) is 0 Å². The average Bonchev–Trinajstić information content (AvgIpc) is 2.95. The van der Waals surface area contributed by atoms with Gasteiger partial charge in [0.25, 0.3) is 5.91 Å². The normalized spacial score (nSPS) is 17.1. The Morgan fingerprint density at radius 1 is 1.38 bits per heavy atom. The first kappa shape index (κ1) is 13.7. The number of anilines is 1. The third kappa shape index (κ3) is 2.91. The van der Waals surface area contributed by atoms with Crippen molar-refractivity contribution in [2.75, 3.05) is 19.0 Å². The van der Waals surface area contributed by atoms with Gasteiger partial charge in [-0.25, -0.2) is 0 Å². The fourth-order valence-electron chi connectivity index (χ4n) is 2.68. The molecule has 1 N–H and O–H groups in total. The number of benzene rings is 1. The van der Waals surface area contributed by atoms with Crippen molar-refractivity contribution < 1.29 is 4.79 Å². The van der Waals surface area contributed by atoms with Gasteiger partial charge in [-0.3, -0.25) is 9.48 Å². The summed E-state index contributed by atoms with van der Waals surface area (Å²) in [4.78, 5) is 14.4. The molecule has 1 amide bonds. The summed E-state index contributed by atoms with van der Waals surface area (Å²) in [6.07, 6.45) is 3.59. The summed E-state index contributed by atoms with van der Waals surface area (Å²) in [7, 11) is 3.94. The Morgan fingerprint density at radius 2 is 2.24 bits per heavy atom. The largest absolute Gasteiger partial charge is 0.378 e. The minimum atomic E-state index is -0.00309. The molecule has 0 radical (unpaired) electrons. The van der Waals surface area contributed by atoms with Crippen molar-refractivity contribution in [1.82, 2.24) is 15.1 Å². The van der Waals surface area contributed by atoms with Gasteiger partial charge in [-0.15, -0.1) is 0 Å². The highest BCUT2D eigenvalue weighted by molar-refractivity contribution is 5.95. The third-order valence-corrected chi connectivity index (χ3v) is 3.91. The van der Waals surface area contributed by atoms with Crippen LogP contribution in [0.2, 0.25) is 0 Å². The first-order valence-corrected chi connectivity index (χ1v) is 7.22. The number of fused-ring (bicyclic) bond motifs is 1. The number of rotatable bonds is 3. The zero-order valence-corrected chi connectivity index (χ0v) is 12.4. The van der Waals surface area contributed by atoms with E-state index in [1.807, 2.05) is 60.2 Å². The monoisotopic (exact) mass is 284 g/mol. The Balaban J connectivity index is 1.68. The van der Waals surface area contributed by atoms with Crippen LogP contribution < -0.4 is 10.2 Å². The molecule has 2 aromatic rings. The van der Waals surface area contributed by atoms with E-state index in [9.17, 15) is 4.79 Å². The summed E-state index contributed by atoms with van der Waals surface area (Å²) >= 11 is 0. The SMILES string of the molecule is CN(C)c1cccc(C(=O)NC2CCn3nccc3C2)c1. The van der Waals surface area contributed by atoms with E-state index in [4.69, 9.17) is 0 Å². The summed E-state index contributed by atoms with van der Waals surface area (Å²) in [6, 6.07) is 9.89. The Bertz CT molecular complexity index is 647. The minimum absolute atomic E-state index is 0.00309. The maximum atomic E-state index is 12.4. The van der Waals surface area contributed by atoms with E-state index in [0.29, 0.717) is 5.56 Å². The van der Waals surface area contributed by atoms with Gasteiger partial charge in [-0.2, -0.15) is 5.10 Å². The third-order valence-electron chi connectivity index (χ3n) is 3.91. The van der Waals surface area contributed by atoms with Crippen LogP contribution in [-0.2, 0) is 13.0 Å². The number of hydrogen-bond donors (Lipinski definition) is 1. The summed E-state index contributed by atoms with van der Waals surface area (Å²) in [5.41, 5.74) is 2.93. The molecule has 5 nitrogen and oxygen atoms in total.